The quantitative estimate of drug-likeness (QED) is 0.331. The highest BCUT2D eigenvalue weighted by atomic mass is 32.2. The number of amides is 2. The molecule has 2 amide bonds. The molecule has 142 valence electrons. The molecule has 1 aliphatic rings. The Hall–Kier alpha value is -2.14. The van der Waals surface area contributed by atoms with Crippen molar-refractivity contribution in [3.05, 3.63) is 34.9 Å². The van der Waals surface area contributed by atoms with Gasteiger partial charge in [-0.1, -0.05) is 6.07 Å². The second kappa shape index (κ2) is 6.88. The van der Waals surface area contributed by atoms with Gasteiger partial charge < -0.3 is 4.74 Å². The van der Waals surface area contributed by atoms with Crippen LogP contribution in [0.4, 0.5) is 0 Å². The average Bonchev–Trinajstić information content (AvgIpc) is 2.69. The molecular formula is C16H20N2O7S. The highest BCUT2D eigenvalue weighted by Gasteiger charge is 2.39. The lowest BCUT2D eigenvalue weighted by molar-refractivity contribution is -0.155. The third-order valence-electron chi connectivity index (χ3n) is 3.50. The summed E-state index contributed by atoms with van der Waals surface area (Å²) >= 11 is -2.62. The van der Waals surface area contributed by atoms with Crippen molar-refractivity contribution in [1.82, 2.24) is 4.90 Å². The number of nitrogens with two attached hydrogens (primary N) is 1. The first-order valence-corrected chi connectivity index (χ1v) is 8.67. The molecular weight excluding hydrogens is 364 g/mol. The Morgan fingerprint density at radius 3 is 2.31 bits per heavy atom. The van der Waals surface area contributed by atoms with E-state index in [9.17, 15) is 18.6 Å². The molecule has 1 heterocycles. The number of fused-ring (bicyclic) bond motifs is 1. The fourth-order valence-electron chi connectivity index (χ4n) is 2.44. The highest BCUT2D eigenvalue weighted by molar-refractivity contribution is 7.74. The summed E-state index contributed by atoms with van der Waals surface area (Å²) in [5.41, 5.74) is 3.78. The summed E-state index contributed by atoms with van der Waals surface area (Å²) in [5.74, 6) is -2.03. The maximum atomic E-state index is 12.5. The van der Waals surface area contributed by atoms with E-state index in [1.807, 2.05) is 0 Å². The lowest BCUT2D eigenvalue weighted by Gasteiger charge is -2.23. The second-order valence-corrected chi connectivity index (χ2v) is 7.55. The summed E-state index contributed by atoms with van der Waals surface area (Å²) in [4.78, 5) is 37.6. The monoisotopic (exact) mass is 384 g/mol. The molecule has 0 radical (unpaired) electrons. The molecule has 0 aromatic heterocycles. The molecule has 2 unspecified atom stereocenters. The molecule has 2 atom stereocenters. The fraction of sp³-hybridized carbons (Fsp3) is 0.438. The van der Waals surface area contributed by atoms with Gasteiger partial charge in [0, 0.05) is 5.56 Å². The van der Waals surface area contributed by atoms with E-state index >= 15 is 0 Å². The van der Waals surface area contributed by atoms with Crippen LogP contribution in [0, 0.1) is 0 Å². The zero-order valence-corrected chi connectivity index (χ0v) is 15.6. The second-order valence-electron chi connectivity index (χ2n) is 6.95. The van der Waals surface area contributed by atoms with E-state index in [1.165, 1.54) is 25.1 Å². The van der Waals surface area contributed by atoms with Gasteiger partial charge in [0.25, 0.3) is 11.8 Å². The number of hydrogen-bond donors (Lipinski definition) is 2. The predicted octanol–water partition coefficient (Wildman–Crippen LogP) is 0.909. The largest absolute Gasteiger partial charge is 0.459 e. The molecule has 2 rings (SSSR count). The van der Waals surface area contributed by atoms with Crippen LogP contribution in [0.25, 0.3) is 0 Å². The number of carbonyl (C=O) groups is 3. The lowest BCUT2D eigenvalue weighted by Crippen LogP contribution is -2.38. The molecule has 9 nitrogen and oxygen atoms in total. The molecule has 0 fully saturated rings. The summed E-state index contributed by atoms with van der Waals surface area (Å²) in [7, 11) is 0. The van der Waals surface area contributed by atoms with Crippen LogP contribution < -0.4 is 5.73 Å². The number of benzene rings is 1. The summed E-state index contributed by atoms with van der Waals surface area (Å²) in [6, 6.07) is 4.07. The van der Waals surface area contributed by atoms with E-state index in [4.69, 9.17) is 19.2 Å². The molecule has 26 heavy (non-hydrogen) atoms. The highest BCUT2D eigenvalue weighted by Crippen LogP contribution is 2.28. The van der Waals surface area contributed by atoms with Crippen LogP contribution in [0.15, 0.2) is 18.2 Å². The normalized spacial score (nSPS) is 17.7. The number of imide groups is 1. The topological polar surface area (TPSA) is 136 Å². The van der Waals surface area contributed by atoms with Gasteiger partial charge in [-0.15, -0.1) is 0 Å². The van der Waals surface area contributed by atoms with E-state index in [0.29, 0.717) is 0 Å². The Morgan fingerprint density at radius 1 is 1.19 bits per heavy atom. The molecule has 10 heteroatoms. The Bertz CT molecular complexity index is 798. The van der Waals surface area contributed by atoms with Gasteiger partial charge in [-0.3, -0.25) is 29.6 Å². The maximum Gasteiger partial charge on any atom is 0.326 e. The first-order valence-electron chi connectivity index (χ1n) is 7.63. The summed E-state index contributed by atoms with van der Waals surface area (Å²) in [6.07, 6.45) is 0. The Labute approximate surface area is 152 Å². The molecule has 0 bridgehead atoms. The van der Waals surface area contributed by atoms with Gasteiger partial charge in [0.15, 0.2) is 5.72 Å². The minimum atomic E-state index is -2.62. The van der Waals surface area contributed by atoms with Crippen LogP contribution in [-0.4, -0.2) is 43.6 Å². The van der Waals surface area contributed by atoms with Gasteiger partial charge in [0.2, 0.25) is 0 Å². The molecule has 0 saturated carbocycles. The summed E-state index contributed by atoms with van der Waals surface area (Å²) in [6.45, 7) is 5.84. The molecule has 1 aromatic rings. The molecule has 3 N–H and O–H groups in total. The summed E-state index contributed by atoms with van der Waals surface area (Å²) < 4.78 is 29.6. The van der Waals surface area contributed by atoms with Crippen LogP contribution in [0.1, 0.15) is 54.0 Å². The van der Waals surface area contributed by atoms with Crippen molar-refractivity contribution < 1.29 is 32.1 Å². The Balaban J connectivity index is 2.27. The van der Waals surface area contributed by atoms with Crippen molar-refractivity contribution in [2.75, 3.05) is 6.54 Å². The van der Waals surface area contributed by atoms with Gasteiger partial charge in [-0.2, -0.15) is 4.21 Å². The zero-order valence-electron chi connectivity index (χ0n) is 14.8. The van der Waals surface area contributed by atoms with Crippen LogP contribution in [-0.2, 0) is 30.8 Å². The molecule has 0 saturated heterocycles. The van der Waals surface area contributed by atoms with Crippen LogP contribution >= 0.6 is 0 Å². The van der Waals surface area contributed by atoms with Crippen molar-refractivity contribution in [2.24, 2.45) is 5.73 Å². The average molecular weight is 384 g/mol. The van der Waals surface area contributed by atoms with E-state index in [2.05, 4.69) is 0 Å². The van der Waals surface area contributed by atoms with Crippen molar-refractivity contribution in [3.8, 4) is 0 Å². The molecule has 1 aliphatic heterocycles. The van der Waals surface area contributed by atoms with Crippen LogP contribution in [0.2, 0.25) is 0 Å². The van der Waals surface area contributed by atoms with E-state index in [-0.39, 0.29) is 16.7 Å². The number of rotatable bonds is 5. The zero-order chi connectivity index (χ0) is 19.9. The standard InChI is InChI=1S/C16H20N2O7S/c1-15(2,3)24-12(19)8-18-13(20)10-6-5-9(7-11(10)14(18)21)16(4,17)25-26(22)23/h5-7H,8,17H2,1-4H3,(H,22,23). The van der Waals surface area contributed by atoms with Gasteiger partial charge in [-0.05, 0) is 39.8 Å². The third-order valence-corrected chi connectivity index (χ3v) is 3.98. The minimum absolute atomic E-state index is 0.0278. The predicted molar refractivity (Wildman–Crippen MR) is 91.0 cm³/mol. The van der Waals surface area contributed by atoms with Crippen molar-refractivity contribution in [2.45, 2.75) is 39.0 Å². The lowest BCUT2D eigenvalue weighted by atomic mass is 10.00. The van der Waals surface area contributed by atoms with Gasteiger partial charge >= 0.3 is 17.3 Å². The van der Waals surface area contributed by atoms with Crippen LogP contribution in [0.3, 0.4) is 0 Å². The maximum absolute atomic E-state index is 12.5. The van der Waals surface area contributed by atoms with Crippen molar-refractivity contribution in [1.29, 1.82) is 0 Å². The van der Waals surface area contributed by atoms with Gasteiger partial charge in [0.1, 0.15) is 12.1 Å². The van der Waals surface area contributed by atoms with Crippen molar-refractivity contribution in [3.63, 3.8) is 0 Å². The summed E-state index contributed by atoms with van der Waals surface area (Å²) in [5, 5.41) is 0. The van der Waals surface area contributed by atoms with Crippen molar-refractivity contribution >= 4 is 29.1 Å². The molecule has 0 spiro atoms. The first-order chi connectivity index (χ1) is 11.8. The van der Waals surface area contributed by atoms with E-state index in [0.717, 1.165) is 4.90 Å². The molecule has 0 aliphatic carbocycles. The smallest absolute Gasteiger partial charge is 0.326 e. The SMILES string of the molecule is CC(C)(C)OC(=O)CN1C(=O)c2ccc(C(C)(N)OS(=O)O)cc2C1=O. The fourth-order valence-corrected chi connectivity index (χ4v) is 2.83. The van der Waals surface area contributed by atoms with E-state index < -0.39 is 47.0 Å². The molecule has 1 aromatic carbocycles. The number of ether oxygens (including phenoxy) is 1. The minimum Gasteiger partial charge on any atom is -0.459 e. The van der Waals surface area contributed by atoms with Gasteiger partial charge in [-0.25, -0.2) is 4.18 Å². The van der Waals surface area contributed by atoms with Gasteiger partial charge in [0.05, 0.1) is 11.1 Å². The first kappa shape index (κ1) is 20.2. The Morgan fingerprint density at radius 2 is 1.77 bits per heavy atom. The van der Waals surface area contributed by atoms with Crippen LogP contribution in [0.5, 0.6) is 0 Å². The third kappa shape index (κ3) is 4.33. The number of carbonyl (C=O) groups excluding carboxylic acids is 3. The number of esters is 1. The van der Waals surface area contributed by atoms with E-state index in [1.54, 1.807) is 20.8 Å². The number of nitrogens with zero attached hydrogens (tertiary/aromatic N) is 1. The Kier molecular flexibility index (Phi) is 5.34. The number of hydrogen-bond acceptors (Lipinski definition) is 7.